The number of anilines is 1. The van der Waals surface area contributed by atoms with E-state index in [2.05, 4.69) is 0 Å². The smallest absolute Gasteiger partial charge is 0.260 e. The Bertz CT molecular complexity index is 777. The Morgan fingerprint density at radius 3 is 2.50 bits per heavy atom. The van der Waals surface area contributed by atoms with E-state index in [9.17, 15) is 9.59 Å². The fourth-order valence-electron chi connectivity index (χ4n) is 3.26. The highest BCUT2D eigenvalue weighted by Crippen LogP contribution is 2.24. The molecule has 6 heteroatoms. The molecule has 148 valence electrons. The molecule has 1 aliphatic rings. The van der Waals surface area contributed by atoms with Crippen LogP contribution in [-0.2, 0) is 16.1 Å². The number of hydrogen-bond acceptors (Lipinski definition) is 4. The molecular formula is C22H27N3O3. The van der Waals surface area contributed by atoms with Gasteiger partial charge in [0.1, 0.15) is 5.75 Å². The van der Waals surface area contributed by atoms with E-state index >= 15 is 0 Å². The summed E-state index contributed by atoms with van der Waals surface area (Å²) < 4.78 is 5.69. The summed E-state index contributed by atoms with van der Waals surface area (Å²) >= 11 is 0. The lowest BCUT2D eigenvalue weighted by atomic mass is 10.2. The van der Waals surface area contributed by atoms with Crippen molar-refractivity contribution >= 4 is 17.5 Å². The van der Waals surface area contributed by atoms with Crippen molar-refractivity contribution in [3.8, 4) is 5.75 Å². The van der Waals surface area contributed by atoms with Crippen molar-refractivity contribution in [3.05, 3.63) is 60.2 Å². The average Bonchev–Trinajstić information content (AvgIpc) is 3.16. The van der Waals surface area contributed by atoms with Gasteiger partial charge in [-0.05, 0) is 49.2 Å². The maximum atomic E-state index is 12.7. The van der Waals surface area contributed by atoms with E-state index in [0.29, 0.717) is 31.8 Å². The summed E-state index contributed by atoms with van der Waals surface area (Å²) in [5.74, 6) is 0.693. The second-order valence-corrected chi connectivity index (χ2v) is 6.87. The first kappa shape index (κ1) is 19.9. The Morgan fingerprint density at radius 2 is 1.86 bits per heavy atom. The Hall–Kier alpha value is -2.86. The molecule has 0 aliphatic carbocycles. The van der Waals surface area contributed by atoms with Crippen molar-refractivity contribution in [1.82, 2.24) is 4.90 Å². The summed E-state index contributed by atoms with van der Waals surface area (Å²) in [6.45, 7) is 2.41. The summed E-state index contributed by atoms with van der Waals surface area (Å²) in [6.07, 6.45) is 2.25. The van der Waals surface area contributed by atoms with Crippen molar-refractivity contribution in [3.63, 3.8) is 0 Å². The largest absolute Gasteiger partial charge is 0.484 e. The number of hydrogen-bond donors (Lipinski definition) is 1. The van der Waals surface area contributed by atoms with Crippen LogP contribution in [0.25, 0.3) is 0 Å². The van der Waals surface area contributed by atoms with Gasteiger partial charge in [-0.15, -0.1) is 0 Å². The third-order valence-corrected chi connectivity index (χ3v) is 4.79. The maximum absolute atomic E-state index is 12.7. The molecule has 1 aliphatic heterocycles. The summed E-state index contributed by atoms with van der Waals surface area (Å²) in [4.78, 5) is 28.0. The zero-order valence-electron chi connectivity index (χ0n) is 16.0. The van der Waals surface area contributed by atoms with E-state index in [1.54, 1.807) is 21.9 Å². The van der Waals surface area contributed by atoms with Crippen LogP contribution in [0.2, 0.25) is 0 Å². The first-order valence-corrected chi connectivity index (χ1v) is 9.72. The predicted octanol–water partition coefficient (Wildman–Crippen LogP) is 2.57. The molecular weight excluding hydrogens is 354 g/mol. The molecule has 0 bridgehead atoms. The molecule has 0 saturated carbocycles. The molecule has 0 radical (unpaired) electrons. The third-order valence-electron chi connectivity index (χ3n) is 4.79. The van der Waals surface area contributed by atoms with Crippen LogP contribution in [0.15, 0.2) is 54.6 Å². The summed E-state index contributed by atoms with van der Waals surface area (Å²) in [6, 6.07) is 17.2. The lowest BCUT2D eigenvalue weighted by Crippen LogP contribution is -2.36. The van der Waals surface area contributed by atoms with Crippen molar-refractivity contribution < 1.29 is 14.3 Å². The maximum Gasteiger partial charge on any atom is 0.260 e. The number of nitrogens with zero attached hydrogens (tertiary/aromatic N) is 2. The van der Waals surface area contributed by atoms with Gasteiger partial charge in [-0.3, -0.25) is 9.59 Å². The number of rotatable bonds is 9. The second kappa shape index (κ2) is 9.90. The highest BCUT2D eigenvalue weighted by Gasteiger charge is 2.21. The molecule has 2 aromatic rings. The van der Waals surface area contributed by atoms with Crippen LogP contribution < -0.4 is 15.4 Å². The summed E-state index contributed by atoms with van der Waals surface area (Å²) in [5, 5.41) is 0. The van der Waals surface area contributed by atoms with Gasteiger partial charge >= 0.3 is 0 Å². The van der Waals surface area contributed by atoms with E-state index in [0.717, 1.165) is 30.6 Å². The van der Waals surface area contributed by atoms with Gasteiger partial charge in [-0.25, -0.2) is 0 Å². The van der Waals surface area contributed by atoms with Gasteiger partial charge in [0, 0.05) is 31.7 Å². The van der Waals surface area contributed by atoms with E-state index in [1.807, 2.05) is 42.5 Å². The molecule has 1 heterocycles. The fraction of sp³-hybridized carbons (Fsp3) is 0.364. The van der Waals surface area contributed by atoms with Gasteiger partial charge in [0.25, 0.3) is 5.91 Å². The van der Waals surface area contributed by atoms with E-state index in [4.69, 9.17) is 10.5 Å². The van der Waals surface area contributed by atoms with Crippen LogP contribution in [0.3, 0.4) is 0 Å². The van der Waals surface area contributed by atoms with E-state index in [1.165, 1.54) is 0 Å². The predicted molar refractivity (Wildman–Crippen MR) is 109 cm³/mol. The van der Waals surface area contributed by atoms with E-state index < -0.39 is 0 Å². The Morgan fingerprint density at radius 1 is 1.11 bits per heavy atom. The lowest BCUT2D eigenvalue weighted by molar-refractivity contribution is -0.134. The molecule has 2 amide bonds. The zero-order valence-corrected chi connectivity index (χ0v) is 16.0. The minimum absolute atomic E-state index is 0.0284. The van der Waals surface area contributed by atoms with Crippen LogP contribution in [0.4, 0.5) is 5.69 Å². The van der Waals surface area contributed by atoms with Crippen LogP contribution >= 0.6 is 0 Å². The second-order valence-electron chi connectivity index (χ2n) is 6.87. The normalized spacial score (nSPS) is 13.6. The number of amides is 2. The van der Waals surface area contributed by atoms with Gasteiger partial charge < -0.3 is 20.3 Å². The summed E-state index contributed by atoms with van der Waals surface area (Å²) in [5.41, 5.74) is 7.56. The van der Waals surface area contributed by atoms with Crippen LogP contribution in [0, 0.1) is 0 Å². The van der Waals surface area contributed by atoms with Gasteiger partial charge in [0.05, 0.1) is 0 Å². The number of nitrogens with two attached hydrogens (primary N) is 1. The molecule has 2 N–H and O–H groups in total. The molecule has 0 unspecified atom stereocenters. The SMILES string of the molecule is NCCCN(Cc1ccccc1)C(=O)COc1ccc(N2CCCC2=O)cc1. The highest BCUT2D eigenvalue weighted by atomic mass is 16.5. The quantitative estimate of drug-likeness (QED) is 0.724. The molecule has 0 atom stereocenters. The standard InChI is InChI=1S/C22H27N3O3/c23-13-5-14-24(16-18-6-2-1-3-7-18)22(27)17-28-20-11-9-19(10-12-20)25-15-4-8-21(25)26/h1-3,6-7,9-12H,4-5,8,13-17,23H2. The highest BCUT2D eigenvalue weighted by molar-refractivity contribution is 5.95. The van der Waals surface area contributed by atoms with Gasteiger partial charge in [-0.1, -0.05) is 30.3 Å². The molecule has 1 fully saturated rings. The number of carbonyl (C=O) groups excluding carboxylic acids is 2. The van der Waals surface area contributed by atoms with Crippen LogP contribution in [0.1, 0.15) is 24.8 Å². The molecule has 6 nitrogen and oxygen atoms in total. The summed E-state index contributed by atoms with van der Waals surface area (Å²) in [7, 11) is 0. The molecule has 2 aromatic carbocycles. The molecule has 1 saturated heterocycles. The zero-order chi connectivity index (χ0) is 19.8. The number of carbonyl (C=O) groups is 2. The first-order valence-electron chi connectivity index (χ1n) is 9.72. The van der Waals surface area contributed by atoms with Gasteiger partial charge in [0.2, 0.25) is 5.91 Å². The van der Waals surface area contributed by atoms with Crippen LogP contribution in [0.5, 0.6) is 5.75 Å². The van der Waals surface area contributed by atoms with Crippen molar-refractivity contribution in [2.45, 2.75) is 25.8 Å². The Kier molecular flexibility index (Phi) is 7.03. The van der Waals surface area contributed by atoms with Crippen molar-refractivity contribution in [2.24, 2.45) is 5.73 Å². The number of ether oxygens (including phenoxy) is 1. The van der Waals surface area contributed by atoms with Gasteiger partial charge in [0.15, 0.2) is 6.61 Å². The number of benzene rings is 2. The van der Waals surface area contributed by atoms with Crippen LogP contribution in [-0.4, -0.2) is 43.0 Å². The van der Waals surface area contributed by atoms with Crippen molar-refractivity contribution in [1.29, 1.82) is 0 Å². The lowest BCUT2D eigenvalue weighted by Gasteiger charge is -2.23. The van der Waals surface area contributed by atoms with E-state index in [-0.39, 0.29) is 18.4 Å². The monoisotopic (exact) mass is 381 g/mol. The topological polar surface area (TPSA) is 75.9 Å². The van der Waals surface area contributed by atoms with Crippen molar-refractivity contribution in [2.75, 3.05) is 31.1 Å². The van der Waals surface area contributed by atoms with Gasteiger partial charge in [-0.2, -0.15) is 0 Å². The molecule has 0 spiro atoms. The Balaban J connectivity index is 1.56. The third kappa shape index (κ3) is 5.33. The minimum atomic E-state index is -0.0731. The first-order chi connectivity index (χ1) is 13.7. The molecule has 3 rings (SSSR count). The average molecular weight is 381 g/mol. The minimum Gasteiger partial charge on any atom is -0.484 e. The Labute approximate surface area is 165 Å². The molecule has 28 heavy (non-hydrogen) atoms. The fourth-order valence-corrected chi connectivity index (χ4v) is 3.26. The molecule has 0 aromatic heterocycles.